The van der Waals surface area contributed by atoms with E-state index >= 15 is 0 Å². The van der Waals surface area contributed by atoms with Gasteiger partial charge >= 0.3 is 0 Å². The fourth-order valence-corrected chi connectivity index (χ4v) is 4.43. The Morgan fingerprint density at radius 1 is 1.23 bits per heavy atom. The molecular formula is C18H25F2N5O. The first kappa shape index (κ1) is 17.6. The first-order valence-corrected chi connectivity index (χ1v) is 9.34. The Balaban J connectivity index is 1.68. The summed E-state index contributed by atoms with van der Waals surface area (Å²) < 4.78 is 28.1. The van der Waals surface area contributed by atoms with E-state index in [1.807, 2.05) is 6.92 Å². The second-order valence-electron chi connectivity index (χ2n) is 7.86. The second-order valence-corrected chi connectivity index (χ2v) is 7.86. The van der Waals surface area contributed by atoms with Gasteiger partial charge in [-0.15, -0.1) is 0 Å². The summed E-state index contributed by atoms with van der Waals surface area (Å²) in [6.07, 6.45) is 4.06. The van der Waals surface area contributed by atoms with Gasteiger partial charge in [0.25, 0.3) is 0 Å². The van der Waals surface area contributed by atoms with E-state index in [0.29, 0.717) is 35.2 Å². The van der Waals surface area contributed by atoms with Crippen LogP contribution in [0.4, 0.5) is 14.7 Å². The highest BCUT2D eigenvalue weighted by molar-refractivity contribution is 5.49. The number of aryl methyl sites for hydroxylation is 2. The number of alkyl halides is 2. The molecule has 0 saturated carbocycles. The number of nitrogens with zero attached hydrogens (tertiary/aromatic N) is 5. The maximum Gasteiger partial charge on any atom is 0.245 e. The molecule has 26 heavy (non-hydrogen) atoms. The first-order valence-electron chi connectivity index (χ1n) is 9.34. The Morgan fingerprint density at radius 2 is 1.92 bits per heavy atom. The summed E-state index contributed by atoms with van der Waals surface area (Å²) in [4.78, 5) is 11.4. The number of hydrogen-bond donors (Lipinski definition) is 1. The molecule has 8 heteroatoms. The Bertz CT molecular complexity index is 789. The number of fused-ring (bicyclic) bond motifs is 3. The molecule has 0 amide bonds. The molecule has 2 aliphatic rings. The maximum atomic E-state index is 13.2. The van der Waals surface area contributed by atoms with E-state index in [9.17, 15) is 13.9 Å². The fraction of sp³-hybridized carbons (Fsp3) is 0.722. The lowest BCUT2D eigenvalue weighted by Gasteiger charge is -2.39. The van der Waals surface area contributed by atoms with E-state index in [2.05, 4.69) is 20.0 Å². The van der Waals surface area contributed by atoms with Crippen molar-refractivity contribution in [3.8, 4) is 0 Å². The maximum absolute atomic E-state index is 13.2. The predicted octanol–water partition coefficient (Wildman–Crippen LogP) is 2.76. The van der Waals surface area contributed by atoms with Gasteiger partial charge in [-0.25, -0.2) is 13.8 Å². The smallest absolute Gasteiger partial charge is 0.245 e. The van der Waals surface area contributed by atoms with E-state index in [0.717, 1.165) is 38.6 Å². The van der Waals surface area contributed by atoms with Crippen molar-refractivity contribution >= 4 is 11.6 Å². The van der Waals surface area contributed by atoms with Crippen LogP contribution in [-0.2, 0) is 6.42 Å². The topological polar surface area (TPSA) is 66.5 Å². The highest BCUT2D eigenvalue weighted by Crippen LogP contribution is 2.40. The molecule has 0 radical (unpaired) electrons. The average molecular weight is 365 g/mol. The molecule has 4 heterocycles. The SMILES string of the molecule is Cc1nc(N2C3CCC2CC(CO)C3)n2nc(CCC(C)(F)F)cc2n1. The van der Waals surface area contributed by atoms with Crippen molar-refractivity contribution in [3.63, 3.8) is 0 Å². The standard InChI is InChI=1S/C18H25F2N5O/c1-11-21-16-9-13(5-6-18(2,19)20)23-25(16)17(22-11)24-14-3-4-15(24)8-12(7-14)10-26/h9,12,14-15,26H,3-8,10H2,1-2H3. The summed E-state index contributed by atoms with van der Waals surface area (Å²) in [6, 6.07) is 2.47. The van der Waals surface area contributed by atoms with Crippen molar-refractivity contribution in [1.82, 2.24) is 19.6 Å². The number of aliphatic hydroxyl groups excluding tert-OH is 1. The Morgan fingerprint density at radius 3 is 2.54 bits per heavy atom. The molecule has 2 saturated heterocycles. The van der Waals surface area contributed by atoms with Crippen LogP contribution in [0.3, 0.4) is 0 Å². The zero-order valence-electron chi connectivity index (χ0n) is 15.2. The van der Waals surface area contributed by atoms with Gasteiger partial charge < -0.3 is 10.0 Å². The van der Waals surface area contributed by atoms with Gasteiger partial charge in [0, 0.05) is 31.2 Å². The third-order valence-electron chi connectivity index (χ3n) is 5.61. The number of aliphatic hydroxyl groups is 1. The molecule has 2 aromatic rings. The third-order valence-corrected chi connectivity index (χ3v) is 5.61. The largest absolute Gasteiger partial charge is 0.396 e. The van der Waals surface area contributed by atoms with Crippen LogP contribution >= 0.6 is 0 Å². The van der Waals surface area contributed by atoms with Crippen molar-refractivity contribution < 1.29 is 13.9 Å². The van der Waals surface area contributed by atoms with E-state index in [-0.39, 0.29) is 19.4 Å². The summed E-state index contributed by atoms with van der Waals surface area (Å²) >= 11 is 0. The van der Waals surface area contributed by atoms with Crippen molar-refractivity contribution in [1.29, 1.82) is 0 Å². The molecule has 0 aliphatic carbocycles. The monoisotopic (exact) mass is 365 g/mol. The van der Waals surface area contributed by atoms with Crippen LogP contribution in [0, 0.1) is 12.8 Å². The van der Waals surface area contributed by atoms with Crippen molar-refractivity contribution in [2.24, 2.45) is 5.92 Å². The van der Waals surface area contributed by atoms with Gasteiger partial charge in [-0.05, 0) is 51.9 Å². The Labute approximate surface area is 151 Å². The number of hydrogen-bond acceptors (Lipinski definition) is 5. The van der Waals surface area contributed by atoms with E-state index in [1.165, 1.54) is 0 Å². The van der Waals surface area contributed by atoms with Crippen LogP contribution in [0.15, 0.2) is 6.07 Å². The molecule has 2 aliphatic heterocycles. The van der Waals surface area contributed by atoms with Gasteiger partial charge in [-0.3, -0.25) is 0 Å². The minimum absolute atomic E-state index is 0.213. The highest BCUT2D eigenvalue weighted by Gasteiger charge is 2.42. The van der Waals surface area contributed by atoms with E-state index in [4.69, 9.17) is 0 Å². The molecular weight excluding hydrogens is 340 g/mol. The average Bonchev–Trinajstić information content (AvgIpc) is 3.09. The predicted molar refractivity (Wildman–Crippen MR) is 93.6 cm³/mol. The van der Waals surface area contributed by atoms with Gasteiger partial charge in [0.2, 0.25) is 11.9 Å². The number of piperidine rings is 1. The van der Waals surface area contributed by atoms with Crippen LogP contribution < -0.4 is 4.90 Å². The normalized spacial score (nSPS) is 26.0. The zero-order chi connectivity index (χ0) is 18.5. The molecule has 2 aromatic heterocycles. The van der Waals surface area contributed by atoms with Crippen LogP contribution in [0.2, 0.25) is 0 Å². The van der Waals surface area contributed by atoms with Crippen LogP contribution in [0.5, 0.6) is 0 Å². The third kappa shape index (κ3) is 3.26. The summed E-state index contributed by atoms with van der Waals surface area (Å²) in [7, 11) is 0. The molecule has 142 valence electrons. The Hall–Kier alpha value is -1.83. The molecule has 2 bridgehead atoms. The van der Waals surface area contributed by atoms with Crippen LogP contribution in [0.25, 0.3) is 5.65 Å². The molecule has 0 spiro atoms. The fourth-order valence-electron chi connectivity index (χ4n) is 4.43. The molecule has 0 aromatic carbocycles. The summed E-state index contributed by atoms with van der Waals surface area (Å²) in [5, 5.41) is 14.1. The van der Waals surface area contributed by atoms with Gasteiger partial charge in [-0.1, -0.05) is 0 Å². The number of aromatic nitrogens is 4. The number of halogens is 2. The molecule has 2 unspecified atom stereocenters. The van der Waals surface area contributed by atoms with Crippen molar-refractivity contribution in [2.75, 3.05) is 11.5 Å². The minimum atomic E-state index is -2.70. The molecule has 2 atom stereocenters. The summed E-state index contributed by atoms with van der Waals surface area (Å²) in [6.45, 7) is 3.01. The van der Waals surface area contributed by atoms with Crippen molar-refractivity contribution in [2.45, 2.75) is 70.4 Å². The molecule has 4 rings (SSSR count). The lowest BCUT2D eigenvalue weighted by Crippen LogP contribution is -2.45. The first-order chi connectivity index (χ1) is 12.3. The molecule has 2 fully saturated rings. The Kier molecular flexibility index (Phi) is 4.33. The lowest BCUT2D eigenvalue weighted by molar-refractivity contribution is 0.0130. The molecule has 1 N–H and O–H groups in total. The summed E-state index contributed by atoms with van der Waals surface area (Å²) in [5.41, 5.74) is 1.27. The van der Waals surface area contributed by atoms with Crippen LogP contribution in [0.1, 0.15) is 50.5 Å². The molecule has 6 nitrogen and oxygen atoms in total. The van der Waals surface area contributed by atoms with Gasteiger partial charge in [-0.2, -0.15) is 14.6 Å². The number of rotatable bonds is 5. The van der Waals surface area contributed by atoms with Gasteiger partial charge in [0.15, 0.2) is 5.65 Å². The van der Waals surface area contributed by atoms with Crippen LogP contribution in [-0.4, -0.2) is 49.3 Å². The van der Waals surface area contributed by atoms with Crippen molar-refractivity contribution in [3.05, 3.63) is 17.6 Å². The quantitative estimate of drug-likeness (QED) is 0.883. The zero-order valence-corrected chi connectivity index (χ0v) is 15.2. The summed E-state index contributed by atoms with van der Waals surface area (Å²) in [5.74, 6) is -0.942. The van der Waals surface area contributed by atoms with E-state index in [1.54, 1.807) is 10.6 Å². The minimum Gasteiger partial charge on any atom is -0.396 e. The number of anilines is 1. The van der Waals surface area contributed by atoms with E-state index < -0.39 is 5.92 Å². The lowest BCUT2D eigenvalue weighted by atomic mass is 9.92. The van der Waals surface area contributed by atoms with Gasteiger partial charge in [0.1, 0.15) is 5.82 Å². The second kappa shape index (κ2) is 6.40. The highest BCUT2D eigenvalue weighted by atomic mass is 19.3. The van der Waals surface area contributed by atoms with Gasteiger partial charge in [0.05, 0.1) is 5.69 Å².